The maximum Gasteiger partial charge on any atom is 0.573 e. The monoisotopic (exact) mass is 371 g/mol. The highest BCUT2D eigenvalue weighted by Crippen LogP contribution is 2.40. The Bertz CT molecular complexity index is 775. The lowest BCUT2D eigenvalue weighted by atomic mass is 10.1. The largest absolute Gasteiger partial charge is 0.573 e. The maximum atomic E-state index is 12.5. The number of amides is 1. The number of halogens is 3. The van der Waals surface area contributed by atoms with Gasteiger partial charge in [0.1, 0.15) is 5.75 Å². The molecule has 0 aromatic heterocycles. The minimum atomic E-state index is -4.78. The molecule has 0 saturated carbocycles. The van der Waals surface area contributed by atoms with E-state index in [0.717, 1.165) is 12.1 Å². The van der Waals surface area contributed by atoms with E-state index in [1.807, 2.05) is 0 Å². The Hall–Kier alpha value is -3.10. The van der Waals surface area contributed by atoms with E-state index in [9.17, 15) is 18.0 Å². The van der Waals surface area contributed by atoms with Gasteiger partial charge in [-0.15, -0.1) is 13.2 Å². The second kappa shape index (κ2) is 7.85. The van der Waals surface area contributed by atoms with Crippen molar-refractivity contribution in [2.75, 3.05) is 26.6 Å². The summed E-state index contributed by atoms with van der Waals surface area (Å²) in [7, 11) is 4.22. The van der Waals surface area contributed by atoms with Gasteiger partial charge in [0.05, 0.1) is 26.9 Å². The van der Waals surface area contributed by atoms with Crippen LogP contribution in [0.25, 0.3) is 0 Å². The first-order valence-electron chi connectivity index (χ1n) is 7.25. The van der Waals surface area contributed by atoms with Crippen LogP contribution in [0.2, 0.25) is 0 Å². The number of alkyl halides is 3. The Labute approximate surface area is 147 Å². The highest BCUT2D eigenvalue weighted by atomic mass is 19.4. The van der Waals surface area contributed by atoms with Crippen LogP contribution < -0.4 is 24.3 Å². The normalized spacial score (nSPS) is 10.8. The molecule has 26 heavy (non-hydrogen) atoms. The van der Waals surface area contributed by atoms with Gasteiger partial charge < -0.3 is 24.3 Å². The molecule has 2 aromatic carbocycles. The lowest BCUT2D eigenvalue weighted by Crippen LogP contribution is -2.17. The van der Waals surface area contributed by atoms with Crippen molar-refractivity contribution >= 4 is 11.6 Å². The number of ether oxygens (including phenoxy) is 4. The molecule has 0 radical (unpaired) electrons. The predicted octanol–water partition coefficient (Wildman–Crippen LogP) is 3.86. The van der Waals surface area contributed by atoms with E-state index in [1.165, 1.54) is 45.6 Å². The van der Waals surface area contributed by atoms with Crippen LogP contribution in [0.4, 0.5) is 18.9 Å². The van der Waals surface area contributed by atoms with E-state index in [-0.39, 0.29) is 28.5 Å². The van der Waals surface area contributed by atoms with Crippen molar-refractivity contribution < 1.29 is 36.9 Å². The van der Waals surface area contributed by atoms with Crippen molar-refractivity contribution in [1.82, 2.24) is 0 Å². The van der Waals surface area contributed by atoms with E-state index in [0.29, 0.717) is 5.75 Å². The first kappa shape index (κ1) is 19.2. The molecule has 1 N–H and O–H groups in total. The van der Waals surface area contributed by atoms with Crippen LogP contribution in [-0.2, 0) is 0 Å². The molecule has 0 aliphatic heterocycles. The molecule has 0 spiro atoms. The molecule has 0 aliphatic carbocycles. The molecule has 2 rings (SSSR count). The number of nitrogens with one attached hydrogen (secondary N) is 1. The molecule has 0 heterocycles. The zero-order valence-corrected chi connectivity index (χ0v) is 14.1. The molecule has 9 heteroatoms. The molecule has 140 valence electrons. The second-order valence-corrected chi connectivity index (χ2v) is 4.91. The van der Waals surface area contributed by atoms with Crippen LogP contribution in [-0.4, -0.2) is 33.6 Å². The number of anilines is 1. The van der Waals surface area contributed by atoms with E-state index in [1.54, 1.807) is 0 Å². The molecule has 0 unspecified atom stereocenters. The van der Waals surface area contributed by atoms with Gasteiger partial charge in [0.25, 0.3) is 5.91 Å². The van der Waals surface area contributed by atoms with Gasteiger partial charge in [0.15, 0.2) is 11.5 Å². The van der Waals surface area contributed by atoms with Crippen LogP contribution in [0.3, 0.4) is 0 Å². The van der Waals surface area contributed by atoms with Gasteiger partial charge >= 0.3 is 6.36 Å². The average Bonchev–Trinajstić information content (AvgIpc) is 2.60. The molecule has 0 fully saturated rings. The number of hydrogen-bond donors (Lipinski definition) is 1. The molecule has 6 nitrogen and oxygen atoms in total. The Balaban J connectivity index is 2.22. The number of carbonyl (C=O) groups is 1. The summed E-state index contributed by atoms with van der Waals surface area (Å²) in [6, 6.07) is 7.77. The summed E-state index contributed by atoms with van der Waals surface area (Å²) in [4.78, 5) is 12.5. The fourth-order valence-electron chi connectivity index (χ4n) is 2.22. The first-order chi connectivity index (χ1) is 12.3. The Morgan fingerprint density at radius 1 is 0.885 bits per heavy atom. The van der Waals surface area contributed by atoms with Crippen molar-refractivity contribution in [1.29, 1.82) is 0 Å². The average molecular weight is 371 g/mol. The lowest BCUT2D eigenvalue weighted by Gasteiger charge is -2.15. The summed E-state index contributed by atoms with van der Waals surface area (Å²) in [5.74, 6) is -0.126. The molecule has 0 bridgehead atoms. The third-order valence-electron chi connectivity index (χ3n) is 3.29. The third kappa shape index (κ3) is 4.50. The standard InChI is InChI=1S/C17H16F3NO5/c1-23-13-9-8-12(14(24-2)15(13)25-3)16(22)21-10-4-6-11(7-5-10)26-17(18,19)20/h4-9H,1-3H3,(H,21,22). The minimum absolute atomic E-state index is 0.167. The van der Waals surface area contributed by atoms with Crippen molar-refractivity contribution in [3.63, 3.8) is 0 Å². The minimum Gasteiger partial charge on any atom is -0.493 e. The number of rotatable bonds is 6. The molecular formula is C17H16F3NO5. The number of benzene rings is 2. The molecule has 0 aliphatic rings. The molecule has 0 saturated heterocycles. The van der Waals surface area contributed by atoms with Gasteiger partial charge in [-0.3, -0.25) is 4.79 Å². The van der Waals surface area contributed by atoms with Crippen LogP contribution in [0.1, 0.15) is 10.4 Å². The molecule has 1 amide bonds. The van der Waals surface area contributed by atoms with Crippen LogP contribution in [0, 0.1) is 0 Å². The maximum absolute atomic E-state index is 12.5. The highest BCUT2D eigenvalue weighted by molar-refractivity contribution is 6.07. The van der Waals surface area contributed by atoms with Crippen molar-refractivity contribution in [2.45, 2.75) is 6.36 Å². The zero-order chi connectivity index (χ0) is 19.3. The lowest BCUT2D eigenvalue weighted by molar-refractivity contribution is -0.274. The van der Waals surface area contributed by atoms with Gasteiger partial charge in [0, 0.05) is 5.69 Å². The highest BCUT2D eigenvalue weighted by Gasteiger charge is 2.31. The molecule has 2 aromatic rings. The van der Waals surface area contributed by atoms with E-state index >= 15 is 0 Å². The van der Waals surface area contributed by atoms with Crippen molar-refractivity contribution in [3.8, 4) is 23.0 Å². The summed E-state index contributed by atoms with van der Waals surface area (Å²) < 4.78 is 55.8. The van der Waals surface area contributed by atoms with Gasteiger partial charge in [-0.1, -0.05) is 0 Å². The topological polar surface area (TPSA) is 66.0 Å². The summed E-state index contributed by atoms with van der Waals surface area (Å²) in [5, 5.41) is 2.56. The molecular weight excluding hydrogens is 355 g/mol. The van der Waals surface area contributed by atoms with E-state index in [2.05, 4.69) is 10.1 Å². The first-order valence-corrected chi connectivity index (χ1v) is 7.25. The summed E-state index contributed by atoms with van der Waals surface area (Å²) in [6.07, 6.45) is -4.78. The van der Waals surface area contributed by atoms with Crippen LogP contribution in [0.15, 0.2) is 36.4 Å². The number of methoxy groups -OCH3 is 3. The summed E-state index contributed by atoms with van der Waals surface area (Å²) in [6.45, 7) is 0. The number of carbonyl (C=O) groups excluding carboxylic acids is 1. The van der Waals surface area contributed by atoms with E-state index < -0.39 is 12.3 Å². The van der Waals surface area contributed by atoms with Crippen LogP contribution >= 0.6 is 0 Å². The fraction of sp³-hybridized carbons (Fsp3) is 0.235. The summed E-state index contributed by atoms with van der Waals surface area (Å²) in [5.41, 5.74) is 0.446. The van der Waals surface area contributed by atoms with E-state index in [4.69, 9.17) is 14.2 Å². The number of hydrogen-bond acceptors (Lipinski definition) is 5. The van der Waals surface area contributed by atoms with Gasteiger partial charge in [-0.25, -0.2) is 0 Å². The van der Waals surface area contributed by atoms with Gasteiger partial charge in [-0.05, 0) is 36.4 Å². The predicted molar refractivity (Wildman–Crippen MR) is 87.2 cm³/mol. The van der Waals surface area contributed by atoms with Crippen molar-refractivity contribution in [3.05, 3.63) is 42.0 Å². The zero-order valence-electron chi connectivity index (χ0n) is 14.1. The SMILES string of the molecule is COc1ccc(C(=O)Nc2ccc(OC(F)(F)F)cc2)c(OC)c1OC. The van der Waals surface area contributed by atoms with Crippen LogP contribution in [0.5, 0.6) is 23.0 Å². The third-order valence-corrected chi connectivity index (χ3v) is 3.29. The Morgan fingerprint density at radius 2 is 1.50 bits per heavy atom. The fourth-order valence-corrected chi connectivity index (χ4v) is 2.22. The van der Waals surface area contributed by atoms with Crippen molar-refractivity contribution in [2.24, 2.45) is 0 Å². The van der Waals surface area contributed by atoms with Gasteiger partial charge in [0.2, 0.25) is 5.75 Å². The Morgan fingerprint density at radius 3 is 2.00 bits per heavy atom. The molecule has 0 atom stereocenters. The van der Waals surface area contributed by atoms with Gasteiger partial charge in [-0.2, -0.15) is 0 Å². The summed E-state index contributed by atoms with van der Waals surface area (Å²) >= 11 is 0. The smallest absolute Gasteiger partial charge is 0.493 e. The quantitative estimate of drug-likeness (QED) is 0.835. The Kier molecular flexibility index (Phi) is 5.81. The second-order valence-electron chi connectivity index (χ2n) is 4.91.